The van der Waals surface area contributed by atoms with Crippen LogP contribution in [0.4, 0.5) is 0 Å². The van der Waals surface area contributed by atoms with Crippen LogP contribution in [0.5, 0.6) is 0 Å². The topological polar surface area (TPSA) is 72.8 Å². The van der Waals surface area contributed by atoms with E-state index in [-0.39, 0.29) is 10.8 Å². The summed E-state index contributed by atoms with van der Waals surface area (Å²) in [6.45, 7) is 14.6. The molecule has 6 atom stereocenters. The van der Waals surface area contributed by atoms with Crippen molar-refractivity contribution in [3.8, 4) is 0 Å². The number of ether oxygens (including phenoxy) is 2. The number of rotatable bonds is 8. The second-order valence-corrected chi connectivity index (χ2v) is 10.8. The second kappa shape index (κ2) is 9.54. The van der Waals surface area contributed by atoms with E-state index >= 15 is 0 Å². The highest BCUT2D eigenvalue weighted by atomic mass is 16.6. The zero-order chi connectivity index (χ0) is 23.7. The average molecular weight is 445 g/mol. The average Bonchev–Trinajstić information content (AvgIpc) is 3.02. The van der Waals surface area contributed by atoms with Crippen LogP contribution in [0.2, 0.25) is 0 Å². The molecule has 0 aromatic heterocycles. The van der Waals surface area contributed by atoms with Gasteiger partial charge in [-0.1, -0.05) is 38.0 Å². The molecule has 1 aliphatic heterocycles. The molecular formula is C27H40O5. The Morgan fingerprint density at radius 3 is 2.66 bits per heavy atom. The van der Waals surface area contributed by atoms with Crippen molar-refractivity contribution in [1.82, 2.24) is 0 Å². The Hall–Kier alpha value is -1.88. The maximum Gasteiger partial charge on any atom is 0.333 e. The summed E-state index contributed by atoms with van der Waals surface area (Å²) in [6, 6.07) is 0. The first-order valence-electron chi connectivity index (χ1n) is 12.1. The molecule has 0 aromatic rings. The van der Waals surface area contributed by atoms with Gasteiger partial charge in [0, 0.05) is 18.6 Å². The SMILES string of the molecule is C=C(C)CCC[C@]1(C)C2=CCC[C@](C)(C[C@@H](OC(C)=O)C3=CC(=O)OC3O)[C@H]2CC[C@H]1C. The molecule has 5 heteroatoms. The van der Waals surface area contributed by atoms with Crippen molar-refractivity contribution in [1.29, 1.82) is 0 Å². The maximum absolute atomic E-state index is 11.9. The number of carbonyl (C=O) groups excluding carboxylic acids is 2. The van der Waals surface area contributed by atoms with Crippen LogP contribution < -0.4 is 0 Å². The van der Waals surface area contributed by atoms with E-state index in [1.807, 2.05) is 0 Å². The lowest BCUT2D eigenvalue weighted by atomic mass is 9.50. The van der Waals surface area contributed by atoms with E-state index in [9.17, 15) is 14.7 Å². The van der Waals surface area contributed by atoms with Crippen molar-refractivity contribution in [2.24, 2.45) is 22.7 Å². The van der Waals surface area contributed by atoms with Crippen LogP contribution in [0.1, 0.15) is 86.0 Å². The highest BCUT2D eigenvalue weighted by molar-refractivity contribution is 5.86. The summed E-state index contributed by atoms with van der Waals surface area (Å²) in [7, 11) is 0. The molecule has 2 aliphatic carbocycles. The van der Waals surface area contributed by atoms with Gasteiger partial charge >= 0.3 is 11.9 Å². The smallest absolute Gasteiger partial charge is 0.333 e. The minimum absolute atomic E-state index is 0.0911. The standard InChI is InChI=1S/C27H40O5/c1-17(2)9-7-14-27(6)18(3)11-12-21-22(27)10-8-13-26(21,5)16-23(31-19(4)28)20-15-24(29)32-25(20)30/h10,15,18,21,23,25,30H,1,7-9,11-14,16H2,2-6H3/t18-,21+,23-,25?,26-,27+/m1/s1. The van der Waals surface area contributed by atoms with E-state index in [0.29, 0.717) is 23.8 Å². The van der Waals surface area contributed by atoms with Gasteiger partial charge in [-0.15, -0.1) is 6.58 Å². The Bertz CT molecular complexity index is 824. The van der Waals surface area contributed by atoms with Crippen LogP contribution >= 0.6 is 0 Å². The number of carbonyl (C=O) groups is 2. The summed E-state index contributed by atoms with van der Waals surface area (Å²) < 4.78 is 10.5. The van der Waals surface area contributed by atoms with E-state index < -0.39 is 24.3 Å². The van der Waals surface area contributed by atoms with Gasteiger partial charge in [0.25, 0.3) is 0 Å². The fourth-order valence-corrected chi connectivity index (χ4v) is 6.32. The van der Waals surface area contributed by atoms with Gasteiger partial charge in [-0.3, -0.25) is 4.79 Å². The van der Waals surface area contributed by atoms with Crippen molar-refractivity contribution in [2.45, 2.75) is 98.4 Å². The normalized spacial score (nSPS) is 35.3. The summed E-state index contributed by atoms with van der Waals surface area (Å²) in [5, 5.41) is 10.2. The quantitative estimate of drug-likeness (QED) is 0.388. The second-order valence-electron chi connectivity index (χ2n) is 10.8. The number of fused-ring (bicyclic) bond motifs is 1. The highest BCUT2D eigenvalue weighted by Gasteiger charge is 2.50. The number of allylic oxidation sites excluding steroid dienone is 3. The summed E-state index contributed by atoms with van der Waals surface area (Å²) in [4.78, 5) is 23.6. The minimum Gasteiger partial charge on any atom is -0.458 e. The van der Waals surface area contributed by atoms with Gasteiger partial charge in [-0.05, 0) is 81.0 Å². The molecule has 1 saturated carbocycles. The summed E-state index contributed by atoms with van der Waals surface area (Å²) in [6.07, 6.45) is 9.96. The molecule has 0 aromatic carbocycles. The number of aliphatic hydroxyl groups excluding tert-OH is 1. The van der Waals surface area contributed by atoms with E-state index in [2.05, 4.69) is 40.3 Å². The van der Waals surface area contributed by atoms with E-state index in [1.54, 1.807) is 5.57 Å². The lowest BCUT2D eigenvalue weighted by molar-refractivity contribution is -0.154. The van der Waals surface area contributed by atoms with Crippen LogP contribution in [0.25, 0.3) is 0 Å². The number of cyclic esters (lactones) is 1. The Kier molecular flexibility index (Phi) is 7.38. The lowest BCUT2D eigenvalue weighted by Crippen LogP contribution is -2.46. The molecule has 1 N–H and O–H groups in total. The Balaban J connectivity index is 1.86. The third kappa shape index (κ3) is 5.03. The van der Waals surface area contributed by atoms with Crippen molar-refractivity contribution in [2.75, 3.05) is 0 Å². The van der Waals surface area contributed by atoms with E-state index in [0.717, 1.165) is 38.5 Å². The Morgan fingerprint density at radius 1 is 1.34 bits per heavy atom. The Labute approximate surface area is 192 Å². The van der Waals surface area contributed by atoms with Gasteiger partial charge in [-0.2, -0.15) is 0 Å². The van der Waals surface area contributed by atoms with Gasteiger partial charge in [0.15, 0.2) is 0 Å². The molecule has 0 bridgehead atoms. The van der Waals surface area contributed by atoms with E-state index in [4.69, 9.17) is 9.47 Å². The molecule has 0 saturated heterocycles. The van der Waals surface area contributed by atoms with Gasteiger partial charge in [-0.25, -0.2) is 4.79 Å². The minimum atomic E-state index is -1.34. The fraction of sp³-hybridized carbons (Fsp3) is 0.704. The molecule has 0 spiro atoms. The lowest BCUT2D eigenvalue weighted by Gasteiger charge is -2.54. The zero-order valence-electron chi connectivity index (χ0n) is 20.4. The van der Waals surface area contributed by atoms with Crippen molar-refractivity contribution in [3.05, 3.63) is 35.5 Å². The largest absolute Gasteiger partial charge is 0.458 e. The molecule has 178 valence electrons. The molecule has 32 heavy (non-hydrogen) atoms. The van der Waals surface area contributed by atoms with Crippen molar-refractivity contribution in [3.63, 3.8) is 0 Å². The molecule has 1 heterocycles. The molecule has 3 rings (SSSR count). The van der Waals surface area contributed by atoms with E-state index in [1.165, 1.54) is 25.0 Å². The predicted molar refractivity (Wildman–Crippen MR) is 124 cm³/mol. The predicted octanol–water partition coefficient (Wildman–Crippen LogP) is 5.64. The molecule has 0 radical (unpaired) electrons. The van der Waals surface area contributed by atoms with Crippen LogP contribution in [-0.4, -0.2) is 29.4 Å². The van der Waals surface area contributed by atoms with Crippen LogP contribution in [-0.2, 0) is 19.1 Å². The first-order chi connectivity index (χ1) is 15.0. The molecule has 1 unspecified atom stereocenters. The number of aliphatic hydroxyl groups is 1. The highest BCUT2D eigenvalue weighted by Crippen LogP contribution is 2.59. The summed E-state index contributed by atoms with van der Waals surface area (Å²) >= 11 is 0. The van der Waals surface area contributed by atoms with Crippen molar-refractivity contribution < 1.29 is 24.2 Å². The molecule has 1 fully saturated rings. The van der Waals surface area contributed by atoms with Gasteiger partial charge in [0.05, 0.1) is 0 Å². The van der Waals surface area contributed by atoms with Crippen LogP contribution in [0.3, 0.4) is 0 Å². The van der Waals surface area contributed by atoms with Crippen LogP contribution in [0.15, 0.2) is 35.5 Å². The maximum atomic E-state index is 11.9. The summed E-state index contributed by atoms with van der Waals surface area (Å²) in [5.74, 6) is 0.0124. The molecule has 3 aliphatic rings. The molecule has 5 nitrogen and oxygen atoms in total. The third-order valence-electron chi connectivity index (χ3n) is 8.36. The van der Waals surface area contributed by atoms with Crippen LogP contribution in [0, 0.1) is 22.7 Å². The number of hydrogen-bond donors (Lipinski definition) is 1. The monoisotopic (exact) mass is 444 g/mol. The fourth-order valence-electron chi connectivity index (χ4n) is 6.32. The number of esters is 2. The van der Waals surface area contributed by atoms with Gasteiger partial charge < -0.3 is 14.6 Å². The Morgan fingerprint density at radius 2 is 2.06 bits per heavy atom. The summed E-state index contributed by atoms with van der Waals surface area (Å²) in [5.41, 5.74) is 3.21. The molecular weight excluding hydrogens is 404 g/mol. The first kappa shape index (κ1) is 24.8. The van der Waals surface area contributed by atoms with Gasteiger partial charge in [0.1, 0.15) is 6.10 Å². The number of hydrogen-bond acceptors (Lipinski definition) is 5. The first-order valence-corrected chi connectivity index (χ1v) is 12.1. The zero-order valence-corrected chi connectivity index (χ0v) is 20.4. The van der Waals surface area contributed by atoms with Gasteiger partial charge in [0.2, 0.25) is 6.29 Å². The molecule has 0 amide bonds. The third-order valence-corrected chi connectivity index (χ3v) is 8.36. The van der Waals surface area contributed by atoms with Crippen molar-refractivity contribution >= 4 is 11.9 Å².